The lowest BCUT2D eigenvalue weighted by atomic mass is 10.2. The van der Waals surface area contributed by atoms with Crippen LogP contribution in [0.15, 0.2) is 0 Å². The van der Waals surface area contributed by atoms with E-state index in [1.54, 1.807) is 0 Å². The van der Waals surface area contributed by atoms with Crippen molar-refractivity contribution in [3.8, 4) is 0 Å². The number of halogens is 1. The minimum absolute atomic E-state index is 0.593. The summed E-state index contributed by atoms with van der Waals surface area (Å²) in [6.45, 7) is 6.70. The molecule has 0 aliphatic rings. The van der Waals surface area contributed by atoms with E-state index in [4.69, 9.17) is 11.6 Å². The van der Waals surface area contributed by atoms with Crippen molar-refractivity contribution in [1.29, 1.82) is 0 Å². The van der Waals surface area contributed by atoms with Crippen LogP contribution in [0.3, 0.4) is 0 Å². The maximum atomic E-state index is 5.94. The highest BCUT2D eigenvalue weighted by Crippen LogP contribution is 2.19. The van der Waals surface area contributed by atoms with Crippen LogP contribution in [0.1, 0.15) is 22.6 Å². The Morgan fingerprint density at radius 1 is 1.33 bits per heavy atom. The molecule has 0 amide bonds. The van der Waals surface area contributed by atoms with Gasteiger partial charge >= 0.3 is 0 Å². The van der Waals surface area contributed by atoms with Crippen LogP contribution in [0, 0.1) is 20.8 Å². The van der Waals surface area contributed by atoms with Crippen LogP contribution in [0.25, 0.3) is 0 Å². The molecule has 0 fully saturated rings. The molecule has 2 heterocycles. The monoisotopic (exact) mass is 242 g/mol. The second-order valence-corrected chi connectivity index (χ2v) is 4.80. The Bertz CT molecular complexity index is 488. The molecule has 0 saturated carbocycles. The summed E-state index contributed by atoms with van der Waals surface area (Å²) in [5.41, 5.74) is 4.20. The Labute approximate surface area is 97.0 Å². The van der Waals surface area contributed by atoms with Crippen LogP contribution in [0.5, 0.6) is 0 Å². The van der Waals surface area contributed by atoms with E-state index in [1.807, 2.05) is 18.5 Å². The minimum atomic E-state index is 0.593. The van der Waals surface area contributed by atoms with E-state index in [0.29, 0.717) is 10.9 Å². The van der Waals surface area contributed by atoms with Gasteiger partial charge in [-0.3, -0.25) is 4.68 Å². The second-order valence-electron chi connectivity index (χ2n) is 3.45. The average Bonchev–Trinajstić information content (AvgIpc) is 2.69. The van der Waals surface area contributed by atoms with Crippen molar-refractivity contribution < 1.29 is 0 Å². The third-order valence-corrected chi connectivity index (χ3v) is 3.54. The molecule has 0 bridgehead atoms. The van der Waals surface area contributed by atoms with Gasteiger partial charge in [0.25, 0.3) is 0 Å². The number of hydrogen-bond acceptors (Lipinski definition) is 4. The third-order valence-electron chi connectivity index (χ3n) is 2.55. The molecule has 0 saturated heterocycles. The van der Waals surface area contributed by atoms with Gasteiger partial charge in [0.2, 0.25) is 0 Å². The van der Waals surface area contributed by atoms with E-state index < -0.39 is 0 Å². The van der Waals surface area contributed by atoms with Gasteiger partial charge in [0.1, 0.15) is 10.0 Å². The molecule has 15 heavy (non-hydrogen) atoms. The lowest BCUT2D eigenvalue weighted by Gasteiger charge is -2.01. The molecule has 6 heteroatoms. The Morgan fingerprint density at radius 2 is 2.07 bits per heavy atom. The zero-order chi connectivity index (χ0) is 11.0. The highest BCUT2D eigenvalue weighted by atomic mass is 35.5. The molecule has 4 nitrogen and oxygen atoms in total. The van der Waals surface area contributed by atoms with Crippen LogP contribution in [0.4, 0.5) is 0 Å². The van der Waals surface area contributed by atoms with Crippen LogP contribution in [0.2, 0.25) is 4.34 Å². The molecular formula is C9H11ClN4S. The predicted octanol–water partition coefficient (Wildman–Crippen LogP) is 2.36. The number of hydrogen-bond donors (Lipinski definition) is 0. The summed E-state index contributed by atoms with van der Waals surface area (Å²) in [5.74, 6) is 0. The topological polar surface area (TPSA) is 43.6 Å². The molecule has 0 aliphatic carbocycles. The Morgan fingerprint density at radius 3 is 2.53 bits per heavy atom. The van der Waals surface area contributed by atoms with Gasteiger partial charge in [0.05, 0.1) is 12.2 Å². The lowest BCUT2D eigenvalue weighted by molar-refractivity contribution is 0.645. The van der Waals surface area contributed by atoms with Gasteiger partial charge in [-0.25, -0.2) is 0 Å². The van der Waals surface area contributed by atoms with Crippen LogP contribution in [-0.2, 0) is 6.54 Å². The van der Waals surface area contributed by atoms with Gasteiger partial charge in [-0.2, -0.15) is 5.10 Å². The van der Waals surface area contributed by atoms with E-state index in [-0.39, 0.29) is 0 Å². The number of rotatable bonds is 2. The molecule has 0 atom stereocenters. The van der Waals surface area contributed by atoms with Crippen LogP contribution in [-0.4, -0.2) is 19.4 Å². The van der Waals surface area contributed by atoms with E-state index >= 15 is 0 Å². The summed E-state index contributed by atoms with van der Waals surface area (Å²) in [7, 11) is 0. The molecule has 0 aliphatic heterocycles. The van der Waals surface area contributed by atoms with Gasteiger partial charge in [-0.1, -0.05) is 16.1 Å². The van der Waals surface area contributed by atoms with Gasteiger partial charge < -0.3 is 0 Å². The normalized spacial score (nSPS) is 10.9. The first-order valence-electron chi connectivity index (χ1n) is 4.57. The van der Waals surface area contributed by atoms with Crippen molar-refractivity contribution in [2.24, 2.45) is 0 Å². The third kappa shape index (κ3) is 1.89. The molecule has 0 aromatic carbocycles. The summed E-state index contributed by atoms with van der Waals surface area (Å²) < 4.78 is 6.34. The molecule has 2 aromatic rings. The standard InChI is InChI=1S/C9H11ClN4S/c1-5-6(2)12-14(7(5)3)4-8-9(10)15-13-11-8/h4H2,1-3H3. The van der Waals surface area contributed by atoms with E-state index in [0.717, 1.165) is 17.1 Å². The first-order chi connectivity index (χ1) is 7.09. The molecule has 0 radical (unpaired) electrons. The maximum absolute atomic E-state index is 5.94. The zero-order valence-electron chi connectivity index (χ0n) is 8.78. The van der Waals surface area contributed by atoms with Crippen molar-refractivity contribution in [3.05, 3.63) is 27.0 Å². The van der Waals surface area contributed by atoms with E-state index in [1.165, 1.54) is 17.1 Å². The smallest absolute Gasteiger partial charge is 0.139 e. The summed E-state index contributed by atoms with van der Waals surface area (Å²) in [4.78, 5) is 0. The first-order valence-corrected chi connectivity index (χ1v) is 5.72. The fraction of sp³-hybridized carbons (Fsp3) is 0.444. The zero-order valence-corrected chi connectivity index (χ0v) is 10.4. The van der Waals surface area contributed by atoms with Crippen LogP contribution < -0.4 is 0 Å². The average molecular weight is 243 g/mol. The molecule has 0 unspecified atom stereocenters. The summed E-state index contributed by atoms with van der Waals surface area (Å²) >= 11 is 7.14. The summed E-state index contributed by atoms with van der Waals surface area (Å²) in [5, 5.41) is 8.39. The molecular weight excluding hydrogens is 232 g/mol. The minimum Gasteiger partial charge on any atom is -0.263 e. The highest BCUT2D eigenvalue weighted by molar-refractivity contribution is 7.10. The van der Waals surface area contributed by atoms with Crippen LogP contribution >= 0.6 is 23.1 Å². The van der Waals surface area contributed by atoms with Gasteiger partial charge in [-0.05, 0) is 26.3 Å². The van der Waals surface area contributed by atoms with Crippen molar-refractivity contribution in [3.63, 3.8) is 0 Å². The van der Waals surface area contributed by atoms with Crippen molar-refractivity contribution in [2.75, 3.05) is 0 Å². The predicted molar refractivity (Wildman–Crippen MR) is 60.5 cm³/mol. The first kappa shape index (κ1) is 10.6. The fourth-order valence-electron chi connectivity index (χ4n) is 1.37. The Kier molecular flexibility index (Phi) is 2.75. The second kappa shape index (κ2) is 3.90. The largest absolute Gasteiger partial charge is 0.263 e. The van der Waals surface area contributed by atoms with Crippen molar-refractivity contribution >= 4 is 23.1 Å². The maximum Gasteiger partial charge on any atom is 0.139 e. The summed E-state index contributed by atoms with van der Waals surface area (Å²) in [6.07, 6.45) is 0. The molecule has 2 rings (SSSR count). The quantitative estimate of drug-likeness (QED) is 0.812. The Balaban J connectivity index is 2.33. The van der Waals surface area contributed by atoms with Gasteiger partial charge in [-0.15, -0.1) is 5.10 Å². The van der Waals surface area contributed by atoms with Gasteiger partial charge in [0, 0.05) is 17.2 Å². The fourth-order valence-corrected chi connectivity index (χ4v) is 1.99. The van der Waals surface area contributed by atoms with Crippen molar-refractivity contribution in [2.45, 2.75) is 27.3 Å². The highest BCUT2D eigenvalue weighted by Gasteiger charge is 2.11. The van der Waals surface area contributed by atoms with Crippen molar-refractivity contribution in [1.82, 2.24) is 19.4 Å². The molecule has 2 aromatic heterocycles. The number of aryl methyl sites for hydroxylation is 1. The SMILES string of the molecule is Cc1nn(Cc2nnsc2Cl)c(C)c1C. The van der Waals surface area contributed by atoms with E-state index in [2.05, 4.69) is 21.6 Å². The molecule has 80 valence electrons. The lowest BCUT2D eigenvalue weighted by Crippen LogP contribution is -2.04. The number of aromatic nitrogens is 4. The van der Waals surface area contributed by atoms with E-state index in [9.17, 15) is 0 Å². The summed E-state index contributed by atoms with van der Waals surface area (Å²) in [6, 6.07) is 0. The Hall–Kier alpha value is -0.940. The number of nitrogens with zero attached hydrogens (tertiary/aromatic N) is 4. The molecule has 0 N–H and O–H groups in total. The molecule has 0 spiro atoms. The van der Waals surface area contributed by atoms with Gasteiger partial charge in [0.15, 0.2) is 0 Å².